The number of nitrogens with zero attached hydrogens (tertiary/aromatic N) is 2. The maximum atomic E-state index is 11.0. The summed E-state index contributed by atoms with van der Waals surface area (Å²) in [4.78, 5) is 15.6. The van der Waals surface area contributed by atoms with E-state index in [1.165, 1.54) is 0 Å². The minimum Gasteiger partial charge on any atom is -0.481 e. The van der Waals surface area contributed by atoms with E-state index in [2.05, 4.69) is 37.6 Å². The molecule has 1 aliphatic heterocycles. The molecule has 0 spiro atoms. The van der Waals surface area contributed by atoms with Gasteiger partial charge in [0.1, 0.15) is 0 Å². The monoisotopic (exact) mass is 228 g/mol. The van der Waals surface area contributed by atoms with Gasteiger partial charge < -0.3 is 10.0 Å². The number of hydrogen-bond donors (Lipinski definition) is 1. The zero-order chi connectivity index (χ0) is 12.3. The van der Waals surface area contributed by atoms with Crippen molar-refractivity contribution >= 4 is 5.97 Å². The van der Waals surface area contributed by atoms with Crippen LogP contribution in [0.3, 0.4) is 0 Å². The van der Waals surface area contributed by atoms with Gasteiger partial charge in [-0.2, -0.15) is 0 Å². The molecule has 0 bridgehead atoms. The molecule has 0 aromatic carbocycles. The molecule has 0 aliphatic carbocycles. The molecule has 4 nitrogen and oxygen atoms in total. The number of hydrogen-bond acceptors (Lipinski definition) is 3. The molecule has 1 fully saturated rings. The van der Waals surface area contributed by atoms with E-state index in [1.807, 2.05) is 0 Å². The molecule has 1 aliphatic rings. The second-order valence-electron chi connectivity index (χ2n) is 5.37. The summed E-state index contributed by atoms with van der Waals surface area (Å²) < 4.78 is 0. The van der Waals surface area contributed by atoms with Gasteiger partial charge in [-0.15, -0.1) is 0 Å². The van der Waals surface area contributed by atoms with Crippen LogP contribution in [0.15, 0.2) is 0 Å². The Balaban J connectivity index is 2.73. The van der Waals surface area contributed by atoms with Gasteiger partial charge in [-0.3, -0.25) is 9.69 Å². The summed E-state index contributed by atoms with van der Waals surface area (Å²) in [7, 11) is 2.11. The maximum Gasteiger partial charge on any atom is 0.305 e. The second-order valence-corrected chi connectivity index (χ2v) is 5.37. The Hall–Kier alpha value is -0.610. The van der Waals surface area contributed by atoms with Crippen molar-refractivity contribution in [3.8, 4) is 0 Å². The van der Waals surface area contributed by atoms with E-state index in [0.29, 0.717) is 5.92 Å². The van der Waals surface area contributed by atoms with Gasteiger partial charge in [-0.05, 0) is 19.9 Å². The zero-order valence-electron chi connectivity index (χ0n) is 10.9. The number of likely N-dealkylation sites (N-methyl/N-ethyl adjacent to an activating group) is 1. The lowest BCUT2D eigenvalue weighted by Crippen LogP contribution is -2.58. The molecule has 0 amide bonds. The topological polar surface area (TPSA) is 43.8 Å². The van der Waals surface area contributed by atoms with Crippen molar-refractivity contribution in [1.29, 1.82) is 0 Å². The van der Waals surface area contributed by atoms with Gasteiger partial charge in [0, 0.05) is 31.7 Å². The summed E-state index contributed by atoms with van der Waals surface area (Å²) in [6.45, 7) is 10.3. The average Bonchev–Trinajstić information content (AvgIpc) is 2.17. The summed E-state index contributed by atoms with van der Waals surface area (Å²) in [5.74, 6) is -0.345. The summed E-state index contributed by atoms with van der Waals surface area (Å²) in [6.07, 6.45) is 0.231. The molecular formula is C12H24N2O2. The zero-order valence-corrected chi connectivity index (χ0v) is 10.9. The predicted molar refractivity (Wildman–Crippen MR) is 64.6 cm³/mol. The van der Waals surface area contributed by atoms with Crippen LogP contribution in [-0.4, -0.2) is 59.6 Å². The largest absolute Gasteiger partial charge is 0.481 e. The summed E-state index contributed by atoms with van der Waals surface area (Å²) in [5.41, 5.74) is -0.215. The molecule has 0 saturated carbocycles. The van der Waals surface area contributed by atoms with Crippen LogP contribution in [-0.2, 0) is 4.79 Å². The predicted octanol–water partition coefficient (Wildman–Crippen LogP) is 1.12. The normalized spacial score (nSPS) is 23.3. The molecule has 1 atom stereocenters. The minimum absolute atomic E-state index is 0.215. The lowest BCUT2D eigenvalue weighted by Gasteiger charge is -2.47. The Labute approximate surface area is 98.2 Å². The first-order valence-corrected chi connectivity index (χ1v) is 6.01. The molecule has 0 aromatic rings. The van der Waals surface area contributed by atoms with Crippen molar-refractivity contribution in [2.45, 2.75) is 32.7 Å². The van der Waals surface area contributed by atoms with E-state index >= 15 is 0 Å². The molecule has 94 valence electrons. The molecule has 16 heavy (non-hydrogen) atoms. The Bertz CT molecular complexity index is 247. The molecular weight excluding hydrogens is 204 g/mol. The van der Waals surface area contributed by atoms with Crippen LogP contribution >= 0.6 is 0 Å². The lowest BCUT2D eigenvalue weighted by molar-refractivity contribution is -0.141. The highest BCUT2D eigenvalue weighted by atomic mass is 16.4. The Morgan fingerprint density at radius 2 is 1.81 bits per heavy atom. The molecule has 4 heteroatoms. The van der Waals surface area contributed by atoms with Crippen LogP contribution in [0.1, 0.15) is 27.2 Å². The van der Waals surface area contributed by atoms with E-state index < -0.39 is 5.97 Å². The molecule has 0 radical (unpaired) electrons. The molecule has 1 heterocycles. The molecule has 0 aromatic heterocycles. The average molecular weight is 228 g/mol. The summed E-state index contributed by atoms with van der Waals surface area (Å²) >= 11 is 0. The highest BCUT2D eigenvalue weighted by Crippen LogP contribution is 2.29. The van der Waals surface area contributed by atoms with Gasteiger partial charge in [0.25, 0.3) is 0 Å². The van der Waals surface area contributed by atoms with Crippen molar-refractivity contribution < 1.29 is 9.90 Å². The van der Waals surface area contributed by atoms with E-state index in [0.717, 1.165) is 26.2 Å². The van der Waals surface area contributed by atoms with Crippen LogP contribution in [0.2, 0.25) is 0 Å². The molecule has 1 saturated heterocycles. The van der Waals surface area contributed by atoms with E-state index in [9.17, 15) is 4.79 Å². The number of carboxylic acid groups (broad SMARTS) is 1. The van der Waals surface area contributed by atoms with E-state index in [4.69, 9.17) is 5.11 Å². The fourth-order valence-corrected chi connectivity index (χ4v) is 2.30. The van der Waals surface area contributed by atoms with Crippen LogP contribution in [0.5, 0.6) is 0 Å². The quantitative estimate of drug-likeness (QED) is 0.783. The van der Waals surface area contributed by atoms with Gasteiger partial charge >= 0.3 is 5.97 Å². The number of piperazine rings is 1. The van der Waals surface area contributed by atoms with Crippen molar-refractivity contribution in [1.82, 2.24) is 9.80 Å². The van der Waals surface area contributed by atoms with Crippen molar-refractivity contribution in [2.24, 2.45) is 5.92 Å². The lowest BCUT2D eigenvalue weighted by atomic mass is 9.83. The fourth-order valence-electron chi connectivity index (χ4n) is 2.30. The van der Waals surface area contributed by atoms with Crippen LogP contribution in [0.25, 0.3) is 0 Å². The summed E-state index contributed by atoms with van der Waals surface area (Å²) in [5, 5.41) is 9.04. The molecule has 1 N–H and O–H groups in total. The Kier molecular flexibility index (Phi) is 4.33. The highest BCUT2D eigenvalue weighted by Gasteiger charge is 2.38. The van der Waals surface area contributed by atoms with Crippen molar-refractivity contribution in [3.63, 3.8) is 0 Å². The first kappa shape index (κ1) is 13.5. The van der Waals surface area contributed by atoms with Gasteiger partial charge in [0.2, 0.25) is 0 Å². The first-order chi connectivity index (χ1) is 7.36. The number of carboxylic acids is 1. The minimum atomic E-state index is -0.699. The third-order valence-electron chi connectivity index (χ3n) is 3.98. The molecule has 1 unspecified atom stereocenters. The van der Waals surface area contributed by atoms with Crippen molar-refractivity contribution in [3.05, 3.63) is 0 Å². The fraction of sp³-hybridized carbons (Fsp3) is 0.917. The SMILES string of the molecule is CC(C)C(C)(CC(=O)O)N1CCN(C)CC1. The van der Waals surface area contributed by atoms with E-state index in [1.54, 1.807) is 0 Å². The number of aliphatic carboxylic acids is 1. The molecule has 1 rings (SSSR count). The number of carbonyl (C=O) groups is 1. The third kappa shape index (κ3) is 2.95. The first-order valence-electron chi connectivity index (χ1n) is 6.01. The highest BCUT2D eigenvalue weighted by molar-refractivity contribution is 5.68. The van der Waals surface area contributed by atoms with Crippen LogP contribution in [0, 0.1) is 5.92 Å². The standard InChI is InChI=1S/C12H24N2O2/c1-10(2)12(3,9-11(15)16)14-7-5-13(4)6-8-14/h10H,5-9H2,1-4H3,(H,15,16). The number of rotatable bonds is 4. The van der Waals surface area contributed by atoms with E-state index in [-0.39, 0.29) is 12.0 Å². The Morgan fingerprint density at radius 3 is 2.19 bits per heavy atom. The summed E-state index contributed by atoms with van der Waals surface area (Å²) in [6, 6.07) is 0. The maximum absolute atomic E-state index is 11.0. The van der Waals surface area contributed by atoms with Gasteiger partial charge in [0.15, 0.2) is 0 Å². The third-order valence-corrected chi connectivity index (χ3v) is 3.98. The van der Waals surface area contributed by atoms with Crippen molar-refractivity contribution in [2.75, 3.05) is 33.2 Å². The van der Waals surface area contributed by atoms with Gasteiger partial charge in [-0.1, -0.05) is 13.8 Å². The van der Waals surface area contributed by atoms with Gasteiger partial charge in [-0.25, -0.2) is 0 Å². The Morgan fingerprint density at radius 1 is 1.31 bits per heavy atom. The smallest absolute Gasteiger partial charge is 0.305 e. The second kappa shape index (κ2) is 5.15. The van der Waals surface area contributed by atoms with Gasteiger partial charge in [0.05, 0.1) is 6.42 Å². The van der Waals surface area contributed by atoms with Crippen LogP contribution in [0.4, 0.5) is 0 Å². The van der Waals surface area contributed by atoms with Crippen LogP contribution < -0.4 is 0 Å².